The standard InChI is InChI=1S/C16H11BrFN3O/c17-11-5-6-12(18)10(7-11)8-20-16(22)15-9-19-13-3-1-2-4-14(13)21-15/h1-7,9H,8H2,(H,20,22). The van der Waals surface area contributed by atoms with E-state index < -0.39 is 5.91 Å². The first-order chi connectivity index (χ1) is 10.6. The molecule has 0 bridgehead atoms. The van der Waals surface area contributed by atoms with Crippen LogP contribution in [0.25, 0.3) is 11.0 Å². The first kappa shape index (κ1) is 14.6. The van der Waals surface area contributed by atoms with Gasteiger partial charge in [-0.15, -0.1) is 0 Å². The minimum atomic E-state index is -0.391. The first-order valence-corrected chi connectivity index (χ1v) is 7.37. The molecule has 6 heteroatoms. The zero-order chi connectivity index (χ0) is 15.5. The summed E-state index contributed by atoms with van der Waals surface area (Å²) in [5.41, 5.74) is 1.96. The second-order valence-electron chi connectivity index (χ2n) is 4.66. The predicted molar refractivity (Wildman–Crippen MR) is 84.8 cm³/mol. The summed E-state index contributed by atoms with van der Waals surface area (Å²) in [6, 6.07) is 11.9. The third kappa shape index (κ3) is 3.12. The minimum Gasteiger partial charge on any atom is -0.346 e. The van der Waals surface area contributed by atoms with E-state index in [2.05, 4.69) is 31.2 Å². The van der Waals surface area contributed by atoms with E-state index in [-0.39, 0.29) is 18.1 Å². The fourth-order valence-electron chi connectivity index (χ4n) is 2.01. The molecule has 0 radical (unpaired) electrons. The molecule has 4 nitrogen and oxygen atoms in total. The topological polar surface area (TPSA) is 54.9 Å². The molecule has 0 fully saturated rings. The van der Waals surface area contributed by atoms with Crippen molar-refractivity contribution in [3.63, 3.8) is 0 Å². The molecule has 0 spiro atoms. The van der Waals surface area contributed by atoms with Gasteiger partial charge in [0.25, 0.3) is 5.91 Å². The molecule has 0 aliphatic carbocycles. The highest BCUT2D eigenvalue weighted by Gasteiger charge is 2.10. The number of hydrogen-bond acceptors (Lipinski definition) is 3. The van der Waals surface area contributed by atoms with Gasteiger partial charge in [-0.3, -0.25) is 9.78 Å². The van der Waals surface area contributed by atoms with Crippen LogP contribution in [0.15, 0.2) is 53.1 Å². The summed E-state index contributed by atoms with van der Waals surface area (Å²) in [5, 5.41) is 2.65. The van der Waals surface area contributed by atoms with Gasteiger partial charge < -0.3 is 5.32 Å². The minimum absolute atomic E-state index is 0.0820. The Kier molecular flexibility index (Phi) is 4.11. The van der Waals surface area contributed by atoms with Crippen molar-refractivity contribution in [1.29, 1.82) is 0 Å². The van der Waals surface area contributed by atoms with Crippen LogP contribution >= 0.6 is 15.9 Å². The number of nitrogens with one attached hydrogen (secondary N) is 1. The Bertz CT molecular complexity index is 854. The van der Waals surface area contributed by atoms with Crippen LogP contribution in [0, 0.1) is 5.82 Å². The van der Waals surface area contributed by atoms with Crippen molar-refractivity contribution in [2.24, 2.45) is 0 Å². The molecular weight excluding hydrogens is 349 g/mol. The van der Waals surface area contributed by atoms with Gasteiger partial charge >= 0.3 is 0 Å². The second kappa shape index (κ2) is 6.19. The Labute approximate surface area is 134 Å². The van der Waals surface area contributed by atoms with Crippen molar-refractivity contribution in [2.75, 3.05) is 0 Å². The van der Waals surface area contributed by atoms with E-state index in [0.29, 0.717) is 11.1 Å². The number of benzene rings is 2. The Morgan fingerprint density at radius 3 is 2.77 bits per heavy atom. The molecule has 0 saturated carbocycles. The Hall–Kier alpha value is -2.34. The van der Waals surface area contributed by atoms with Gasteiger partial charge in [0.15, 0.2) is 0 Å². The van der Waals surface area contributed by atoms with Gasteiger partial charge in [0.2, 0.25) is 0 Å². The summed E-state index contributed by atoms with van der Waals surface area (Å²) >= 11 is 3.27. The number of amides is 1. The van der Waals surface area contributed by atoms with E-state index in [0.717, 1.165) is 9.99 Å². The summed E-state index contributed by atoms with van der Waals surface area (Å²) < 4.78 is 14.4. The predicted octanol–water partition coefficient (Wildman–Crippen LogP) is 3.46. The summed E-state index contributed by atoms with van der Waals surface area (Å²) in [4.78, 5) is 20.5. The maximum atomic E-state index is 13.6. The largest absolute Gasteiger partial charge is 0.346 e. The maximum absolute atomic E-state index is 13.6. The van der Waals surface area contributed by atoms with Crippen LogP contribution in [0.4, 0.5) is 4.39 Å². The monoisotopic (exact) mass is 359 g/mol. The lowest BCUT2D eigenvalue weighted by Gasteiger charge is -2.07. The van der Waals surface area contributed by atoms with E-state index in [1.54, 1.807) is 18.2 Å². The quantitative estimate of drug-likeness (QED) is 0.778. The van der Waals surface area contributed by atoms with Crippen molar-refractivity contribution in [1.82, 2.24) is 15.3 Å². The normalized spacial score (nSPS) is 10.6. The molecule has 3 rings (SSSR count). The lowest BCUT2D eigenvalue weighted by atomic mass is 10.2. The molecule has 0 aliphatic rings. The van der Waals surface area contributed by atoms with Gasteiger partial charge in [-0.25, -0.2) is 9.37 Å². The molecule has 110 valence electrons. The third-order valence-electron chi connectivity index (χ3n) is 3.13. The van der Waals surface area contributed by atoms with Gasteiger partial charge in [-0.05, 0) is 30.3 Å². The molecule has 0 aliphatic heterocycles. The Morgan fingerprint density at radius 2 is 1.95 bits per heavy atom. The Morgan fingerprint density at radius 1 is 1.18 bits per heavy atom. The van der Waals surface area contributed by atoms with Crippen LogP contribution in [0.3, 0.4) is 0 Å². The average molecular weight is 360 g/mol. The lowest BCUT2D eigenvalue weighted by Crippen LogP contribution is -2.24. The van der Waals surface area contributed by atoms with Crippen molar-refractivity contribution in [3.05, 3.63) is 70.2 Å². The molecule has 2 aromatic carbocycles. The fraction of sp³-hybridized carbons (Fsp3) is 0.0625. The van der Waals surface area contributed by atoms with Gasteiger partial charge in [-0.1, -0.05) is 28.1 Å². The molecule has 1 heterocycles. The molecule has 22 heavy (non-hydrogen) atoms. The number of carbonyl (C=O) groups excluding carboxylic acids is 1. The maximum Gasteiger partial charge on any atom is 0.271 e. The lowest BCUT2D eigenvalue weighted by molar-refractivity contribution is 0.0945. The molecule has 1 N–H and O–H groups in total. The van der Waals surface area contributed by atoms with Gasteiger partial charge in [0, 0.05) is 16.6 Å². The number of para-hydroxylation sites is 2. The number of halogens is 2. The summed E-state index contributed by atoms with van der Waals surface area (Å²) in [7, 11) is 0. The summed E-state index contributed by atoms with van der Waals surface area (Å²) in [6.07, 6.45) is 1.41. The smallest absolute Gasteiger partial charge is 0.271 e. The highest BCUT2D eigenvalue weighted by Crippen LogP contribution is 2.15. The number of aromatic nitrogens is 2. The van der Waals surface area contributed by atoms with Crippen LogP contribution in [0.5, 0.6) is 0 Å². The fourth-order valence-corrected chi connectivity index (χ4v) is 2.42. The average Bonchev–Trinajstić information content (AvgIpc) is 2.55. The van der Waals surface area contributed by atoms with Crippen molar-refractivity contribution < 1.29 is 9.18 Å². The number of fused-ring (bicyclic) bond motifs is 1. The summed E-state index contributed by atoms with van der Waals surface area (Å²) in [5.74, 6) is -0.759. The van der Waals surface area contributed by atoms with Gasteiger partial charge in [0.05, 0.1) is 17.2 Å². The molecule has 0 unspecified atom stereocenters. The van der Waals surface area contributed by atoms with Crippen LogP contribution in [0.1, 0.15) is 16.1 Å². The van der Waals surface area contributed by atoms with Crippen LogP contribution < -0.4 is 5.32 Å². The molecule has 1 aromatic heterocycles. The van der Waals surface area contributed by atoms with Crippen molar-refractivity contribution >= 4 is 32.9 Å². The van der Waals surface area contributed by atoms with Crippen LogP contribution in [-0.4, -0.2) is 15.9 Å². The second-order valence-corrected chi connectivity index (χ2v) is 5.58. The molecule has 1 amide bonds. The van der Waals surface area contributed by atoms with E-state index in [4.69, 9.17) is 0 Å². The van der Waals surface area contributed by atoms with E-state index in [1.165, 1.54) is 12.3 Å². The molecule has 0 atom stereocenters. The molecular formula is C16H11BrFN3O. The van der Waals surface area contributed by atoms with E-state index in [9.17, 15) is 9.18 Å². The number of rotatable bonds is 3. The zero-order valence-corrected chi connectivity index (χ0v) is 13.0. The van der Waals surface area contributed by atoms with Crippen LogP contribution in [-0.2, 0) is 6.54 Å². The number of carbonyl (C=O) groups is 1. The third-order valence-corrected chi connectivity index (χ3v) is 3.62. The van der Waals surface area contributed by atoms with Gasteiger partial charge in [-0.2, -0.15) is 0 Å². The van der Waals surface area contributed by atoms with Crippen molar-refractivity contribution in [3.8, 4) is 0 Å². The molecule has 0 saturated heterocycles. The zero-order valence-electron chi connectivity index (χ0n) is 11.4. The number of nitrogens with zero attached hydrogens (tertiary/aromatic N) is 2. The highest BCUT2D eigenvalue weighted by atomic mass is 79.9. The highest BCUT2D eigenvalue weighted by molar-refractivity contribution is 9.10. The summed E-state index contributed by atoms with van der Waals surface area (Å²) in [6.45, 7) is 0.0820. The van der Waals surface area contributed by atoms with Crippen LogP contribution in [0.2, 0.25) is 0 Å². The van der Waals surface area contributed by atoms with Crippen molar-refractivity contribution in [2.45, 2.75) is 6.54 Å². The van der Waals surface area contributed by atoms with Gasteiger partial charge in [0.1, 0.15) is 11.5 Å². The van der Waals surface area contributed by atoms with E-state index in [1.807, 2.05) is 18.2 Å². The van der Waals surface area contributed by atoms with E-state index >= 15 is 0 Å². The SMILES string of the molecule is O=C(NCc1cc(Br)ccc1F)c1cnc2ccccc2n1. The first-order valence-electron chi connectivity index (χ1n) is 6.57. The number of hydrogen-bond donors (Lipinski definition) is 1. The molecule has 3 aromatic rings. The Balaban J connectivity index is 1.77.